The maximum Gasteiger partial charge on any atom is 0.270 e. The van der Waals surface area contributed by atoms with Crippen LogP contribution >= 0.6 is 0 Å². The number of aromatic amines is 1. The number of nitrogens with zero attached hydrogens (tertiary/aromatic N) is 3. The smallest absolute Gasteiger partial charge is 0.270 e. The Morgan fingerprint density at radius 1 is 0.903 bits per heavy atom. The fraction of sp³-hybridized carbons (Fsp3) is 0.130. The highest BCUT2D eigenvalue weighted by Gasteiger charge is 2.14. The number of aromatic nitrogens is 2. The van der Waals surface area contributed by atoms with Crippen LogP contribution in [0.3, 0.4) is 0 Å². The first-order valence-corrected chi connectivity index (χ1v) is 9.41. The van der Waals surface area contributed by atoms with E-state index in [4.69, 9.17) is 0 Å². The maximum atomic E-state index is 10.8. The van der Waals surface area contributed by atoms with Crippen LogP contribution in [0, 0.1) is 20.2 Å². The second-order valence-corrected chi connectivity index (χ2v) is 7.37. The van der Waals surface area contributed by atoms with E-state index in [1.165, 1.54) is 0 Å². The van der Waals surface area contributed by atoms with E-state index in [2.05, 4.69) is 18.1 Å². The summed E-state index contributed by atoms with van der Waals surface area (Å²) in [5.74, 6) is 0. The molecule has 8 nitrogen and oxygen atoms in total. The predicted octanol–water partition coefficient (Wildman–Crippen LogP) is 6.23. The molecular weight excluding hydrogens is 396 g/mol. The molecular formula is C23H22N4O4. The summed E-state index contributed by atoms with van der Waals surface area (Å²) in [6.45, 7) is 11.4. The number of allylic oxidation sites excluding steroid dienone is 2. The van der Waals surface area contributed by atoms with Gasteiger partial charge in [-0.3, -0.25) is 20.2 Å². The van der Waals surface area contributed by atoms with Crippen LogP contribution in [-0.2, 0) is 7.05 Å². The number of aryl methyl sites for hydroxylation is 1. The van der Waals surface area contributed by atoms with Gasteiger partial charge in [-0.25, -0.2) is 0 Å². The third-order valence-corrected chi connectivity index (χ3v) is 4.94. The van der Waals surface area contributed by atoms with Gasteiger partial charge < -0.3 is 9.55 Å². The van der Waals surface area contributed by atoms with Gasteiger partial charge in [0.05, 0.1) is 20.9 Å². The molecule has 0 amide bonds. The van der Waals surface area contributed by atoms with Crippen LogP contribution in [0.2, 0.25) is 0 Å². The molecule has 0 saturated heterocycles. The number of nitro benzene ring substituents is 2. The van der Waals surface area contributed by atoms with Crippen molar-refractivity contribution in [3.8, 4) is 0 Å². The third kappa shape index (κ3) is 4.23. The average molecular weight is 418 g/mol. The highest BCUT2D eigenvalue weighted by molar-refractivity contribution is 5.93. The maximum absolute atomic E-state index is 10.8. The van der Waals surface area contributed by atoms with Crippen molar-refractivity contribution in [2.75, 3.05) is 0 Å². The molecule has 0 atom stereocenters. The van der Waals surface area contributed by atoms with E-state index < -0.39 is 4.92 Å². The molecule has 0 aliphatic heterocycles. The number of nitro groups is 2. The normalized spacial score (nSPS) is 10.5. The zero-order chi connectivity index (χ0) is 22.9. The topological polar surface area (TPSA) is 107 Å². The number of non-ortho nitro benzene ring substituents is 2. The van der Waals surface area contributed by atoms with E-state index in [9.17, 15) is 20.2 Å². The molecule has 2 aromatic carbocycles. The van der Waals surface area contributed by atoms with Gasteiger partial charge in [0.1, 0.15) is 0 Å². The number of H-pyrrole nitrogens is 1. The predicted molar refractivity (Wildman–Crippen MR) is 124 cm³/mol. The number of fused-ring (bicyclic) bond motifs is 2. The Bertz CT molecular complexity index is 1360. The van der Waals surface area contributed by atoms with Crippen molar-refractivity contribution in [3.63, 3.8) is 0 Å². The summed E-state index contributed by atoms with van der Waals surface area (Å²) >= 11 is 0. The molecule has 0 aliphatic carbocycles. The molecule has 0 spiro atoms. The summed E-state index contributed by atoms with van der Waals surface area (Å²) in [7, 11) is 1.92. The molecule has 2 heterocycles. The Kier molecular flexibility index (Phi) is 5.74. The highest BCUT2D eigenvalue weighted by atomic mass is 16.6. The molecule has 31 heavy (non-hydrogen) atoms. The summed E-state index contributed by atoms with van der Waals surface area (Å²) in [6, 6.07) is 9.94. The van der Waals surface area contributed by atoms with Crippen LogP contribution in [0.25, 0.3) is 33.0 Å². The van der Waals surface area contributed by atoms with Gasteiger partial charge in [0.15, 0.2) is 0 Å². The molecule has 0 aliphatic rings. The zero-order valence-electron chi connectivity index (χ0n) is 17.5. The van der Waals surface area contributed by atoms with Crippen LogP contribution in [0.1, 0.15) is 25.0 Å². The van der Waals surface area contributed by atoms with Gasteiger partial charge >= 0.3 is 0 Å². The van der Waals surface area contributed by atoms with E-state index in [0.29, 0.717) is 0 Å². The van der Waals surface area contributed by atoms with Crippen molar-refractivity contribution in [1.82, 2.24) is 9.55 Å². The molecule has 2 aromatic heterocycles. The number of benzene rings is 2. The van der Waals surface area contributed by atoms with Crippen molar-refractivity contribution >= 4 is 44.3 Å². The van der Waals surface area contributed by atoms with Crippen molar-refractivity contribution in [3.05, 3.63) is 93.3 Å². The molecule has 0 saturated carbocycles. The lowest BCUT2D eigenvalue weighted by atomic mass is 10.0. The summed E-state index contributed by atoms with van der Waals surface area (Å²) in [4.78, 5) is 23.8. The first kappa shape index (κ1) is 21.5. The van der Waals surface area contributed by atoms with Gasteiger partial charge in [-0.2, -0.15) is 0 Å². The zero-order valence-corrected chi connectivity index (χ0v) is 17.5. The second-order valence-electron chi connectivity index (χ2n) is 7.37. The number of rotatable bonds is 4. The Labute approximate surface area is 178 Å². The highest BCUT2D eigenvalue weighted by Crippen LogP contribution is 2.30. The van der Waals surface area contributed by atoms with E-state index in [-0.39, 0.29) is 16.3 Å². The van der Waals surface area contributed by atoms with Crippen molar-refractivity contribution in [2.24, 2.45) is 7.05 Å². The van der Waals surface area contributed by atoms with Crippen LogP contribution in [0.15, 0.2) is 61.9 Å². The molecule has 0 radical (unpaired) electrons. The van der Waals surface area contributed by atoms with Gasteiger partial charge in [0, 0.05) is 65.6 Å². The van der Waals surface area contributed by atoms with E-state index in [1.54, 1.807) is 30.5 Å². The van der Waals surface area contributed by atoms with Gasteiger partial charge in [0.2, 0.25) is 0 Å². The largest absolute Gasteiger partial charge is 0.361 e. The second kappa shape index (κ2) is 8.27. The van der Waals surface area contributed by atoms with Crippen LogP contribution in [0.4, 0.5) is 11.4 Å². The number of hydrogen-bond donors (Lipinski definition) is 1. The summed E-state index contributed by atoms with van der Waals surface area (Å²) < 4.78 is 1.95. The average Bonchev–Trinajstić information content (AvgIpc) is 3.33. The Morgan fingerprint density at radius 2 is 1.45 bits per heavy atom. The monoisotopic (exact) mass is 418 g/mol. The molecule has 4 rings (SSSR count). The minimum absolute atomic E-state index is 0.0973. The van der Waals surface area contributed by atoms with Gasteiger partial charge in [0.25, 0.3) is 11.4 Å². The standard InChI is InChI=1S/C12H12N2O2.C11H10N2O2/c1-8(2)11-7-10(14(15)16)6-9-4-5-13(3)12(9)11;1-7(2)10-6-9(13(14)15)5-8-3-4-12-11(8)10/h4-7H,1H2,2-3H3;3-6,12H,1H2,2H3. The Balaban J connectivity index is 0.000000176. The van der Waals surface area contributed by atoms with Crippen LogP contribution in [-0.4, -0.2) is 19.4 Å². The van der Waals surface area contributed by atoms with Crippen molar-refractivity contribution in [1.29, 1.82) is 0 Å². The van der Waals surface area contributed by atoms with E-state index >= 15 is 0 Å². The first-order valence-electron chi connectivity index (χ1n) is 9.41. The van der Waals surface area contributed by atoms with Gasteiger partial charge in [-0.1, -0.05) is 13.2 Å². The third-order valence-electron chi connectivity index (χ3n) is 4.94. The SMILES string of the molecule is C=C(C)c1cc([N+](=O)[O-])cc2cc[nH]c12.C=C(C)c1cc([N+](=O)[O-])cc2ccn(C)c12. The number of nitrogens with one attached hydrogen (secondary N) is 1. The molecule has 1 N–H and O–H groups in total. The van der Waals surface area contributed by atoms with Crippen molar-refractivity contribution < 1.29 is 9.85 Å². The quantitative estimate of drug-likeness (QED) is 0.313. The molecule has 0 fully saturated rings. The molecule has 158 valence electrons. The summed E-state index contributed by atoms with van der Waals surface area (Å²) in [5.41, 5.74) is 5.35. The lowest BCUT2D eigenvalue weighted by molar-refractivity contribution is -0.384. The van der Waals surface area contributed by atoms with Crippen molar-refractivity contribution in [2.45, 2.75) is 13.8 Å². The Hall–Kier alpha value is -4.20. The fourth-order valence-corrected chi connectivity index (χ4v) is 3.46. The van der Waals surface area contributed by atoms with Gasteiger partial charge in [-0.15, -0.1) is 0 Å². The molecule has 4 aromatic rings. The lowest BCUT2D eigenvalue weighted by Crippen LogP contribution is -1.93. The molecule has 8 heteroatoms. The fourth-order valence-electron chi connectivity index (χ4n) is 3.46. The summed E-state index contributed by atoms with van der Waals surface area (Å²) in [6.07, 6.45) is 3.65. The lowest BCUT2D eigenvalue weighted by Gasteiger charge is -2.05. The van der Waals surface area contributed by atoms with E-state index in [0.717, 1.165) is 44.1 Å². The van der Waals surface area contributed by atoms with Gasteiger partial charge in [-0.05, 0) is 37.1 Å². The van der Waals surface area contributed by atoms with E-state index in [1.807, 2.05) is 43.8 Å². The molecule has 0 unspecified atom stereocenters. The Morgan fingerprint density at radius 3 is 2.00 bits per heavy atom. The molecule has 0 bridgehead atoms. The number of hydrogen-bond acceptors (Lipinski definition) is 4. The first-order chi connectivity index (χ1) is 14.6. The minimum atomic E-state index is -0.390. The summed E-state index contributed by atoms with van der Waals surface area (Å²) in [5, 5.41) is 23.2. The minimum Gasteiger partial charge on any atom is -0.361 e. The van der Waals surface area contributed by atoms with Crippen LogP contribution < -0.4 is 0 Å². The van der Waals surface area contributed by atoms with Crippen LogP contribution in [0.5, 0.6) is 0 Å².